The van der Waals surface area contributed by atoms with Crippen LogP contribution in [0.2, 0.25) is 0 Å². The Hall–Kier alpha value is -2.94. The van der Waals surface area contributed by atoms with Crippen LogP contribution >= 0.6 is 0 Å². The van der Waals surface area contributed by atoms with Crippen LogP contribution in [0.1, 0.15) is 36.8 Å². The first kappa shape index (κ1) is 26.7. The molecule has 0 unspecified atom stereocenters. The predicted molar refractivity (Wildman–Crippen MR) is 140 cm³/mol. The van der Waals surface area contributed by atoms with Gasteiger partial charge in [0.1, 0.15) is 18.3 Å². The maximum atomic E-state index is 13.3. The number of likely N-dealkylation sites (N-methyl/N-ethyl adjacent to an activating group) is 2. The van der Waals surface area contributed by atoms with E-state index in [2.05, 4.69) is 39.5 Å². The second-order valence-corrected chi connectivity index (χ2v) is 9.70. The van der Waals surface area contributed by atoms with E-state index in [1.165, 1.54) is 0 Å². The number of nitrogens with zero attached hydrogens (tertiary/aromatic N) is 5. The maximum absolute atomic E-state index is 13.3. The number of aromatic nitrogens is 2. The molecule has 35 heavy (non-hydrogen) atoms. The lowest BCUT2D eigenvalue weighted by Crippen LogP contribution is -2.37. The molecule has 3 rings (SSSR count). The molecule has 1 aliphatic carbocycles. The fourth-order valence-electron chi connectivity index (χ4n) is 4.44. The van der Waals surface area contributed by atoms with Crippen LogP contribution in [-0.4, -0.2) is 80.0 Å². The molecule has 0 saturated heterocycles. The van der Waals surface area contributed by atoms with E-state index in [-0.39, 0.29) is 17.9 Å². The molecule has 9 heteroatoms. The molecule has 8 nitrogen and oxygen atoms in total. The third kappa shape index (κ3) is 7.52. The molecule has 0 atom stereocenters. The second kappa shape index (κ2) is 12.7. The molecule has 0 aliphatic heterocycles. The topological polar surface area (TPSA) is 76.6 Å². The number of rotatable bonds is 11. The smallest absolute Gasteiger partial charge is 0.226 e. The summed E-state index contributed by atoms with van der Waals surface area (Å²) in [5.41, 5.74) is 1.52. The van der Waals surface area contributed by atoms with E-state index in [0.717, 1.165) is 56.0 Å². The van der Waals surface area contributed by atoms with Crippen molar-refractivity contribution >= 4 is 23.5 Å². The number of hydrogen-bond donors (Lipinski definition) is 2. The van der Waals surface area contributed by atoms with E-state index in [4.69, 9.17) is 4.98 Å². The van der Waals surface area contributed by atoms with Crippen LogP contribution in [0.5, 0.6) is 0 Å². The minimum Gasteiger partial charge on any atom is -0.373 e. The average Bonchev–Trinajstić information content (AvgIpc) is 2.87. The first-order valence-electron chi connectivity index (χ1n) is 12.4. The van der Waals surface area contributed by atoms with Gasteiger partial charge in [-0.05, 0) is 50.9 Å². The van der Waals surface area contributed by atoms with Crippen LogP contribution in [0.3, 0.4) is 0 Å². The van der Waals surface area contributed by atoms with Crippen LogP contribution in [0.4, 0.5) is 22.0 Å². The Morgan fingerprint density at radius 3 is 2.34 bits per heavy atom. The van der Waals surface area contributed by atoms with E-state index >= 15 is 0 Å². The second-order valence-electron chi connectivity index (χ2n) is 9.70. The number of benzene rings is 1. The molecule has 1 aliphatic rings. The first-order valence-corrected chi connectivity index (χ1v) is 12.4. The van der Waals surface area contributed by atoms with Gasteiger partial charge in [0, 0.05) is 58.8 Å². The van der Waals surface area contributed by atoms with Gasteiger partial charge in [0.15, 0.2) is 0 Å². The van der Waals surface area contributed by atoms with Gasteiger partial charge in [0.25, 0.3) is 0 Å². The Kier molecular flexibility index (Phi) is 9.65. The highest BCUT2D eigenvalue weighted by Gasteiger charge is 2.29. The van der Waals surface area contributed by atoms with E-state index in [1.54, 1.807) is 11.0 Å². The summed E-state index contributed by atoms with van der Waals surface area (Å²) in [6.45, 7) is 1.72. The Bertz CT molecular complexity index is 962. The largest absolute Gasteiger partial charge is 0.373 e. The Labute approximate surface area is 208 Å². The van der Waals surface area contributed by atoms with Crippen molar-refractivity contribution in [2.45, 2.75) is 44.9 Å². The van der Waals surface area contributed by atoms with Crippen molar-refractivity contribution < 1.29 is 9.18 Å². The van der Waals surface area contributed by atoms with Crippen molar-refractivity contribution in [1.29, 1.82) is 0 Å². The predicted octanol–water partition coefficient (Wildman–Crippen LogP) is 3.61. The van der Waals surface area contributed by atoms with Gasteiger partial charge < -0.3 is 25.3 Å². The van der Waals surface area contributed by atoms with Crippen LogP contribution in [0.15, 0.2) is 30.3 Å². The number of alkyl halides is 1. The van der Waals surface area contributed by atoms with Gasteiger partial charge in [0.05, 0.1) is 0 Å². The van der Waals surface area contributed by atoms with Crippen LogP contribution < -0.4 is 15.5 Å². The van der Waals surface area contributed by atoms with Gasteiger partial charge in [-0.2, -0.15) is 9.97 Å². The van der Waals surface area contributed by atoms with Crippen LogP contribution in [0.25, 0.3) is 0 Å². The summed E-state index contributed by atoms with van der Waals surface area (Å²) in [6.07, 6.45) is 3.38. The van der Waals surface area contributed by atoms with Crippen LogP contribution in [0, 0.1) is 5.92 Å². The number of amides is 1. The van der Waals surface area contributed by atoms with Crippen molar-refractivity contribution in [1.82, 2.24) is 19.8 Å². The summed E-state index contributed by atoms with van der Waals surface area (Å²) in [5, 5.41) is 6.62. The molecule has 1 amide bonds. The van der Waals surface area contributed by atoms with Gasteiger partial charge in [-0.3, -0.25) is 4.79 Å². The van der Waals surface area contributed by atoms with Crippen molar-refractivity contribution in [2.75, 3.05) is 63.9 Å². The minimum absolute atomic E-state index is 0.00659. The molecule has 0 spiro atoms. The average molecular weight is 486 g/mol. The van der Waals surface area contributed by atoms with E-state index in [9.17, 15) is 9.18 Å². The number of carbonyl (C=O) groups is 1. The van der Waals surface area contributed by atoms with Crippen molar-refractivity contribution in [3.63, 3.8) is 0 Å². The molecule has 1 fully saturated rings. The minimum atomic E-state index is -0.515. The standard InChI is InChI=1S/C26H40FN7O/c1-28-23-16-24(33(4)15-14-32(2)3)31-26(30-23)29-22-12-10-19(11-13-22)25(35)34(5)18-21-9-7-6-8-20(21)17-27/h6-9,16,19,22H,10-15,17-18H2,1-5H3,(H2,28,29,30,31). The number of anilines is 3. The quantitative estimate of drug-likeness (QED) is 0.503. The molecule has 2 N–H and O–H groups in total. The molecule has 1 saturated carbocycles. The Morgan fingerprint density at radius 2 is 1.71 bits per heavy atom. The lowest BCUT2D eigenvalue weighted by Gasteiger charge is -2.31. The summed E-state index contributed by atoms with van der Waals surface area (Å²) < 4.78 is 13.3. The molecule has 2 aromatic rings. The molecule has 1 aromatic carbocycles. The van der Waals surface area contributed by atoms with Crippen LogP contribution in [-0.2, 0) is 18.0 Å². The van der Waals surface area contributed by atoms with E-state index in [0.29, 0.717) is 18.1 Å². The van der Waals surface area contributed by atoms with Crippen molar-refractivity contribution in [2.24, 2.45) is 5.92 Å². The molecule has 192 valence electrons. The highest BCUT2D eigenvalue weighted by Crippen LogP contribution is 2.29. The maximum Gasteiger partial charge on any atom is 0.226 e. The summed E-state index contributed by atoms with van der Waals surface area (Å²) >= 11 is 0. The van der Waals surface area contributed by atoms with Gasteiger partial charge in [0.2, 0.25) is 11.9 Å². The number of carbonyl (C=O) groups excluding carboxylic acids is 1. The van der Waals surface area contributed by atoms with Gasteiger partial charge >= 0.3 is 0 Å². The number of halogens is 1. The zero-order chi connectivity index (χ0) is 25.4. The zero-order valence-electron chi connectivity index (χ0n) is 21.7. The fourth-order valence-corrected chi connectivity index (χ4v) is 4.44. The van der Waals surface area contributed by atoms with Gasteiger partial charge in [-0.1, -0.05) is 24.3 Å². The molecule has 1 heterocycles. The highest BCUT2D eigenvalue weighted by atomic mass is 19.1. The summed E-state index contributed by atoms with van der Waals surface area (Å²) in [6, 6.07) is 9.57. The van der Waals surface area contributed by atoms with Gasteiger partial charge in [-0.25, -0.2) is 4.39 Å². The van der Waals surface area contributed by atoms with E-state index < -0.39 is 6.67 Å². The normalized spacial score (nSPS) is 17.8. The molecule has 0 bridgehead atoms. The fraction of sp³-hybridized carbons (Fsp3) is 0.577. The Balaban J connectivity index is 1.56. The third-order valence-electron chi connectivity index (χ3n) is 6.70. The summed E-state index contributed by atoms with van der Waals surface area (Å²) in [4.78, 5) is 28.4. The number of hydrogen-bond acceptors (Lipinski definition) is 7. The van der Waals surface area contributed by atoms with Crippen molar-refractivity contribution in [3.05, 3.63) is 41.5 Å². The Morgan fingerprint density at radius 1 is 1.03 bits per heavy atom. The third-order valence-corrected chi connectivity index (χ3v) is 6.70. The van der Waals surface area contributed by atoms with E-state index in [1.807, 2.05) is 45.4 Å². The lowest BCUT2D eigenvalue weighted by molar-refractivity contribution is -0.135. The number of nitrogens with one attached hydrogen (secondary N) is 2. The summed E-state index contributed by atoms with van der Waals surface area (Å²) in [7, 11) is 9.82. The zero-order valence-corrected chi connectivity index (χ0v) is 21.7. The SMILES string of the molecule is CNc1cc(N(C)CCN(C)C)nc(NC2CCC(C(=O)N(C)Cc3ccccc3CF)CC2)n1. The highest BCUT2D eigenvalue weighted by molar-refractivity contribution is 5.78. The lowest BCUT2D eigenvalue weighted by atomic mass is 9.85. The molecular formula is C26H40FN7O. The van der Waals surface area contributed by atoms with Gasteiger partial charge in [-0.15, -0.1) is 0 Å². The summed E-state index contributed by atoms with van der Waals surface area (Å²) in [5.74, 6) is 2.38. The van der Waals surface area contributed by atoms with Crippen molar-refractivity contribution in [3.8, 4) is 0 Å². The molecular weight excluding hydrogens is 445 g/mol. The molecule has 0 radical (unpaired) electrons. The first-order chi connectivity index (χ1) is 16.8. The monoisotopic (exact) mass is 485 g/mol. The molecule has 1 aromatic heterocycles.